The Balaban J connectivity index is 1.52. The van der Waals surface area contributed by atoms with Gasteiger partial charge in [-0.1, -0.05) is 60.7 Å². The van der Waals surface area contributed by atoms with Gasteiger partial charge in [0.15, 0.2) is 11.6 Å². The van der Waals surface area contributed by atoms with Gasteiger partial charge in [0.05, 0.1) is 13.0 Å². The highest BCUT2D eigenvalue weighted by Gasteiger charge is 2.30. The Morgan fingerprint density at radius 1 is 0.906 bits per heavy atom. The molecule has 3 aromatic rings. The molecular weight excluding hydrogens is 416 g/mol. The van der Waals surface area contributed by atoms with E-state index in [1.165, 1.54) is 12.1 Å². The van der Waals surface area contributed by atoms with Gasteiger partial charge in [-0.25, -0.2) is 13.6 Å². The lowest BCUT2D eigenvalue weighted by Crippen LogP contribution is -2.34. The lowest BCUT2D eigenvalue weighted by atomic mass is 9.98. The largest absolute Gasteiger partial charge is 0.481 e. The first-order chi connectivity index (χ1) is 15.5. The monoisotopic (exact) mass is 437 g/mol. The molecule has 0 bridgehead atoms. The number of benzene rings is 3. The van der Waals surface area contributed by atoms with Gasteiger partial charge in [0.2, 0.25) is 0 Å². The zero-order chi connectivity index (χ0) is 22.7. The Morgan fingerprint density at radius 3 is 2.16 bits per heavy atom. The number of hydrogen-bond acceptors (Lipinski definition) is 3. The molecule has 1 amide bonds. The second-order valence-electron chi connectivity index (χ2n) is 7.58. The van der Waals surface area contributed by atoms with Crippen molar-refractivity contribution in [1.82, 2.24) is 4.90 Å². The summed E-state index contributed by atoms with van der Waals surface area (Å²) in [7, 11) is 0. The summed E-state index contributed by atoms with van der Waals surface area (Å²) in [6.07, 6.45) is -1.13. The zero-order valence-electron chi connectivity index (χ0n) is 17.1. The average molecular weight is 437 g/mol. The standard InChI is InChI=1S/C25H21F2NO4/c26-22-11-5-6-16(24(22)27)14-28(13-12-23(29)30)25(31)32-15-21-19-9-3-1-7-17(19)18-8-2-4-10-20(18)21/h1-11,21H,12-15H2,(H,29,30). The molecule has 3 aromatic carbocycles. The van der Waals surface area contributed by atoms with Gasteiger partial charge in [-0.05, 0) is 28.3 Å². The van der Waals surface area contributed by atoms with Crippen molar-refractivity contribution in [3.05, 3.63) is 95.1 Å². The minimum Gasteiger partial charge on any atom is -0.481 e. The average Bonchev–Trinajstić information content (AvgIpc) is 3.11. The topological polar surface area (TPSA) is 66.8 Å². The minimum absolute atomic E-state index is 0.0437. The number of rotatable bonds is 7. The summed E-state index contributed by atoms with van der Waals surface area (Å²) >= 11 is 0. The number of halogens is 2. The van der Waals surface area contributed by atoms with Crippen LogP contribution in [0.3, 0.4) is 0 Å². The third-order valence-corrected chi connectivity index (χ3v) is 5.58. The smallest absolute Gasteiger partial charge is 0.410 e. The molecule has 0 heterocycles. The van der Waals surface area contributed by atoms with Crippen LogP contribution in [0.15, 0.2) is 66.7 Å². The zero-order valence-corrected chi connectivity index (χ0v) is 17.1. The Bertz CT molecular complexity index is 1120. The van der Waals surface area contributed by atoms with E-state index >= 15 is 0 Å². The van der Waals surface area contributed by atoms with Gasteiger partial charge >= 0.3 is 12.1 Å². The number of hydrogen-bond donors (Lipinski definition) is 1. The highest BCUT2D eigenvalue weighted by Crippen LogP contribution is 2.44. The van der Waals surface area contributed by atoms with Crippen LogP contribution in [-0.2, 0) is 16.1 Å². The number of carboxylic acids is 1. The molecule has 0 aromatic heterocycles. The lowest BCUT2D eigenvalue weighted by Gasteiger charge is -2.23. The Labute approximate surface area is 183 Å². The molecule has 164 valence electrons. The maximum absolute atomic E-state index is 14.1. The van der Waals surface area contributed by atoms with E-state index in [2.05, 4.69) is 0 Å². The summed E-state index contributed by atoms with van der Waals surface area (Å²) in [5, 5.41) is 9.02. The summed E-state index contributed by atoms with van der Waals surface area (Å²) in [5.41, 5.74) is 4.18. The first kappa shape index (κ1) is 21.5. The minimum atomic E-state index is -1.11. The van der Waals surface area contributed by atoms with Crippen LogP contribution in [0, 0.1) is 11.6 Å². The van der Waals surface area contributed by atoms with Gasteiger partial charge < -0.3 is 14.7 Å². The Morgan fingerprint density at radius 2 is 1.53 bits per heavy atom. The number of aliphatic carboxylic acids is 1. The maximum atomic E-state index is 14.1. The first-order valence-corrected chi connectivity index (χ1v) is 10.2. The van der Waals surface area contributed by atoms with Crippen molar-refractivity contribution in [2.75, 3.05) is 13.2 Å². The summed E-state index contributed by atoms with van der Waals surface area (Å²) in [4.78, 5) is 24.9. The van der Waals surface area contributed by atoms with E-state index in [1.807, 2.05) is 48.5 Å². The fourth-order valence-electron chi connectivity index (χ4n) is 4.03. The number of carboxylic acid groups (broad SMARTS) is 1. The Hall–Kier alpha value is -3.74. The highest BCUT2D eigenvalue weighted by atomic mass is 19.2. The van der Waals surface area contributed by atoms with Crippen molar-refractivity contribution in [3.63, 3.8) is 0 Å². The summed E-state index contributed by atoms with van der Waals surface area (Å²) in [6, 6.07) is 19.4. The summed E-state index contributed by atoms with van der Waals surface area (Å²) < 4.78 is 33.2. The van der Waals surface area contributed by atoms with Gasteiger partial charge in [0.1, 0.15) is 6.61 Å². The van der Waals surface area contributed by atoms with Crippen LogP contribution in [0.1, 0.15) is 29.0 Å². The predicted molar refractivity (Wildman–Crippen MR) is 114 cm³/mol. The fraction of sp³-hybridized carbons (Fsp3) is 0.200. The van der Waals surface area contributed by atoms with Crippen molar-refractivity contribution in [3.8, 4) is 11.1 Å². The molecule has 0 spiro atoms. The second-order valence-corrected chi connectivity index (χ2v) is 7.58. The Kier molecular flexibility index (Phi) is 6.16. The molecule has 0 saturated heterocycles. The number of carbonyl (C=O) groups is 2. The van der Waals surface area contributed by atoms with Gasteiger partial charge in [-0.3, -0.25) is 4.79 Å². The molecule has 32 heavy (non-hydrogen) atoms. The van der Waals surface area contributed by atoms with Crippen LogP contribution < -0.4 is 0 Å². The van der Waals surface area contributed by atoms with Gasteiger partial charge in [-0.15, -0.1) is 0 Å². The number of ether oxygens (including phenoxy) is 1. The number of fused-ring (bicyclic) bond motifs is 3. The van der Waals surface area contributed by atoms with Crippen LogP contribution in [0.5, 0.6) is 0 Å². The molecule has 1 aliphatic rings. The van der Waals surface area contributed by atoms with Gasteiger partial charge in [-0.2, -0.15) is 0 Å². The van der Waals surface area contributed by atoms with E-state index in [1.54, 1.807) is 0 Å². The quantitative estimate of drug-likeness (QED) is 0.552. The van der Waals surface area contributed by atoms with Crippen LogP contribution in [0.4, 0.5) is 13.6 Å². The van der Waals surface area contributed by atoms with Crippen LogP contribution >= 0.6 is 0 Å². The predicted octanol–water partition coefficient (Wildman–Crippen LogP) is 5.19. The molecule has 7 heteroatoms. The van der Waals surface area contributed by atoms with Crippen molar-refractivity contribution >= 4 is 12.1 Å². The van der Waals surface area contributed by atoms with E-state index in [4.69, 9.17) is 9.84 Å². The fourth-order valence-corrected chi connectivity index (χ4v) is 4.03. The number of nitrogens with zero attached hydrogens (tertiary/aromatic N) is 1. The van der Waals surface area contributed by atoms with E-state index in [0.29, 0.717) is 0 Å². The lowest BCUT2D eigenvalue weighted by molar-refractivity contribution is -0.137. The molecule has 1 aliphatic carbocycles. The van der Waals surface area contributed by atoms with Crippen molar-refractivity contribution in [1.29, 1.82) is 0 Å². The van der Waals surface area contributed by atoms with Crippen molar-refractivity contribution in [2.24, 2.45) is 0 Å². The molecule has 0 atom stereocenters. The summed E-state index contributed by atoms with van der Waals surface area (Å²) in [6.45, 7) is -0.447. The molecule has 1 N–H and O–H groups in total. The molecule has 4 rings (SSSR count). The molecule has 0 saturated carbocycles. The normalized spacial score (nSPS) is 12.2. The van der Waals surface area contributed by atoms with Crippen molar-refractivity contribution in [2.45, 2.75) is 18.9 Å². The van der Waals surface area contributed by atoms with Crippen molar-refractivity contribution < 1.29 is 28.2 Å². The van der Waals surface area contributed by atoms with E-state index in [-0.39, 0.29) is 37.6 Å². The molecule has 5 nitrogen and oxygen atoms in total. The summed E-state index contributed by atoms with van der Waals surface area (Å²) in [5.74, 6) is -3.38. The van der Waals surface area contributed by atoms with E-state index in [9.17, 15) is 18.4 Å². The third-order valence-electron chi connectivity index (χ3n) is 5.58. The highest BCUT2D eigenvalue weighted by molar-refractivity contribution is 5.79. The maximum Gasteiger partial charge on any atom is 0.410 e. The van der Waals surface area contributed by atoms with E-state index in [0.717, 1.165) is 33.2 Å². The van der Waals surface area contributed by atoms with Crippen LogP contribution in [-0.4, -0.2) is 35.2 Å². The van der Waals surface area contributed by atoms with Crippen LogP contribution in [0.2, 0.25) is 0 Å². The SMILES string of the molecule is O=C(O)CCN(Cc1cccc(F)c1F)C(=O)OCC1c2ccccc2-c2ccccc21. The van der Waals surface area contributed by atoms with Crippen LogP contribution in [0.25, 0.3) is 11.1 Å². The first-order valence-electron chi connectivity index (χ1n) is 10.2. The van der Waals surface area contributed by atoms with Gasteiger partial charge in [0, 0.05) is 18.0 Å². The number of carbonyl (C=O) groups excluding carboxylic acids is 1. The molecule has 0 aliphatic heterocycles. The number of amides is 1. The molecule has 0 unspecified atom stereocenters. The molecule has 0 fully saturated rings. The second kappa shape index (κ2) is 9.18. The van der Waals surface area contributed by atoms with E-state index < -0.39 is 23.7 Å². The van der Waals surface area contributed by atoms with Gasteiger partial charge in [0.25, 0.3) is 0 Å². The molecular formula is C25H21F2NO4. The third kappa shape index (κ3) is 4.32. The molecule has 0 radical (unpaired) electrons.